The van der Waals surface area contributed by atoms with E-state index in [1.807, 2.05) is 6.08 Å². The number of hydrogen-bond acceptors (Lipinski definition) is 2. The summed E-state index contributed by atoms with van der Waals surface area (Å²) in [6, 6.07) is 0. The Kier molecular flexibility index (Phi) is 14.5. The minimum Gasteiger partial charge on any atom is -0.374 e. The standard InChI is InChI=1S/C17H30O2/c1-3-5-7-8-9-10-11-12-13-15-19-16-17(18)14-6-4-2/h3-4H,1-2,5-16H2. The van der Waals surface area contributed by atoms with Crippen LogP contribution >= 0.6 is 0 Å². The third kappa shape index (κ3) is 15.1. The van der Waals surface area contributed by atoms with Crippen LogP contribution in [-0.4, -0.2) is 19.0 Å². The van der Waals surface area contributed by atoms with Crippen molar-refractivity contribution in [3.63, 3.8) is 0 Å². The van der Waals surface area contributed by atoms with Gasteiger partial charge in [0.1, 0.15) is 6.61 Å². The van der Waals surface area contributed by atoms with Crippen molar-refractivity contribution < 1.29 is 9.53 Å². The summed E-state index contributed by atoms with van der Waals surface area (Å²) in [5.74, 6) is 0.183. The van der Waals surface area contributed by atoms with E-state index in [4.69, 9.17) is 4.74 Å². The molecule has 0 fully saturated rings. The first kappa shape index (κ1) is 18.1. The Bertz CT molecular complexity index is 233. The highest BCUT2D eigenvalue weighted by Gasteiger charge is 2.00. The van der Waals surface area contributed by atoms with Crippen molar-refractivity contribution in [2.75, 3.05) is 13.2 Å². The van der Waals surface area contributed by atoms with Gasteiger partial charge in [-0.05, 0) is 25.7 Å². The molecule has 0 atom stereocenters. The number of allylic oxidation sites excluding steroid dienone is 2. The zero-order valence-corrected chi connectivity index (χ0v) is 12.4. The lowest BCUT2D eigenvalue weighted by atomic mass is 10.1. The molecule has 0 N–H and O–H groups in total. The van der Waals surface area contributed by atoms with E-state index in [1.165, 1.54) is 38.5 Å². The molecule has 110 valence electrons. The minimum absolute atomic E-state index is 0.183. The van der Waals surface area contributed by atoms with E-state index in [0.717, 1.165) is 25.9 Å². The molecule has 0 radical (unpaired) electrons. The van der Waals surface area contributed by atoms with Crippen molar-refractivity contribution in [2.45, 2.75) is 64.2 Å². The lowest BCUT2D eigenvalue weighted by Gasteiger charge is -2.03. The number of carbonyl (C=O) groups is 1. The molecule has 0 unspecified atom stereocenters. The van der Waals surface area contributed by atoms with Gasteiger partial charge in [0, 0.05) is 13.0 Å². The first-order chi connectivity index (χ1) is 9.31. The van der Waals surface area contributed by atoms with Gasteiger partial charge in [0.15, 0.2) is 5.78 Å². The van der Waals surface area contributed by atoms with Gasteiger partial charge in [-0.3, -0.25) is 4.79 Å². The SMILES string of the molecule is C=CCCCCCCCCCOCC(=O)CCC=C. The van der Waals surface area contributed by atoms with Crippen LogP contribution in [0.5, 0.6) is 0 Å². The summed E-state index contributed by atoms with van der Waals surface area (Å²) < 4.78 is 5.36. The van der Waals surface area contributed by atoms with Crippen LogP contribution in [0, 0.1) is 0 Å². The van der Waals surface area contributed by atoms with Crippen LogP contribution in [-0.2, 0) is 9.53 Å². The molecule has 0 aliphatic carbocycles. The van der Waals surface area contributed by atoms with Gasteiger partial charge in [-0.1, -0.05) is 44.3 Å². The Balaban J connectivity index is 3.08. The van der Waals surface area contributed by atoms with Crippen molar-refractivity contribution in [1.29, 1.82) is 0 Å². The van der Waals surface area contributed by atoms with Crippen molar-refractivity contribution in [3.8, 4) is 0 Å². The molecule has 2 heteroatoms. The molecule has 19 heavy (non-hydrogen) atoms. The third-order valence-electron chi connectivity index (χ3n) is 3.09. The van der Waals surface area contributed by atoms with Gasteiger partial charge in [0.05, 0.1) is 0 Å². The maximum absolute atomic E-state index is 11.3. The zero-order valence-electron chi connectivity index (χ0n) is 12.4. The Labute approximate surface area is 118 Å². The van der Waals surface area contributed by atoms with E-state index in [1.54, 1.807) is 6.08 Å². The average Bonchev–Trinajstić information content (AvgIpc) is 2.42. The fourth-order valence-corrected chi connectivity index (χ4v) is 1.90. The Morgan fingerprint density at radius 1 is 0.842 bits per heavy atom. The molecule has 0 saturated heterocycles. The van der Waals surface area contributed by atoms with Crippen LogP contribution in [0.25, 0.3) is 0 Å². The van der Waals surface area contributed by atoms with Gasteiger partial charge in [0.25, 0.3) is 0 Å². The second kappa shape index (κ2) is 15.2. The molecular formula is C17H30O2. The highest BCUT2D eigenvalue weighted by molar-refractivity contribution is 5.79. The van der Waals surface area contributed by atoms with Crippen LogP contribution in [0.1, 0.15) is 64.2 Å². The Hall–Kier alpha value is -0.890. The summed E-state index contributed by atoms with van der Waals surface area (Å²) in [4.78, 5) is 11.3. The van der Waals surface area contributed by atoms with Crippen LogP contribution in [0.3, 0.4) is 0 Å². The molecule has 0 aromatic rings. The molecule has 0 aliphatic heterocycles. The smallest absolute Gasteiger partial charge is 0.158 e. The summed E-state index contributed by atoms with van der Waals surface area (Å²) in [5.41, 5.74) is 0. The van der Waals surface area contributed by atoms with Gasteiger partial charge < -0.3 is 4.74 Å². The van der Waals surface area contributed by atoms with Gasteiger partial charge in [-0.15, -0.1) is 13.2 Å². The number of carbonyl (C=O) groups excluding carboxylic acids is 1. The van der Waals surface area contributed by atoms with Crippen molar-refractivity contribution in [2.24, 2.45) is 0 Å². The minimum atomic E-state index is 0.183. The summed E-state index contributed by atoms with van der Waals surface area (Å²) in [6.45, 7) is 8.31. The van der Waals surface area contributed by atoms with E-state index in [9.17, 15) is 4.79 Å². The maximum atomic E-state index is 11.3. The molecule has 0 heterocycles. The lowest BCUT2D eigenvalue weighted by Crippen LogP contribution is -2.08. The molecule has 0 rings (SSSR count). The molecule has 0 aliphatic rings. The number of Topliss-reactive ketones (excluding diaryl/α,β-unsaturated/α-hetero) is 1. The Morgan fingerprint density at radius 2 is 1.42 bits per heavy atom. The monoisotopic (exact) mass is 266 g/mol. The molecule has 0 bridgehead atoms. The van der Waals surface area contributed by atoms with Crippen molar-refractivity contribution in [3.05, 3.63) is 25.3 Å². The fourth-order valence-electron chi connectivity index (χ4n) is 1.90. The number of unbranched alkanes of at least 4 members (excludes halogenated alkanes) is 7. The highest BCUT2D eigenvalue weighted by Crippen LogP contribution is 2.08. The van der Waals surface area contributed by atoms with E-state index >= 15 is 0 Å². The lowest BCUT2D eigenvalue weighted by molar-refractivity contribution is -0.123. The second-order valence-electron chi connectivity index (χ2n) is 4.97. The zero-order chi connectivity index (χ0) is 14.2. The predicted molar refractivity (Wildman–Crippen MR) is 82.4 cm³/mol. The number of rotatable bonds is 15. The van der Waals surface area contributed by atoms with Crippen molar-refractivity contribution in [1.82, 2.24) is 0 Å². The van der Waals surface area contributed by atoms with Crippen molar-refractivity contribution >= 4 is 5.78 Å². The molecule has 0 saturated carbocycles. The van der Waals surface area contributed by atoms with Gasteiger partial charge in [-0.2, -0.15) is 0 Å². The van der Waals surface area contributed by atoms with Crippen LogP contribution in [0.2, 0.25) is 0 Å². The quantitative estimate of drug-likeness (QED) is 0.313. The first-order valence-corrected chi connectivity index (χ1v) is 7.62. The van der Waals surface area contributed by atoms with Crippen LogP contribution < -0.4 is 0 Å². The van der Waals surface area contributed by atoms with Gasteiger partial charge in [-0.25, -0.2) is 0 Å². The third-order valence-corrected chi connectivity index (χ3v) is 3.09. The highest BCUT2D eigenvalue weighted by atomic mass is 16.5. The summed E-state index contributed by atoms with van der Waals surface area (Å²) in [7, 11) is 0. The first-order valence-electron chi connectivity index (χ1n) is 7.62. The molecule has 0 aromatic carbocycles. The molecule has 0 amide bonds. The van der Waals surface area contributed by atoms with E-state index in [-0.39, 0.29) is 12.4 Å². The predicted octanol–water partition coefficient (Wildman–Crippen LogP) is 4.85. The summed E-state index contributed by atoms with van der Waals surface area (Å²) in [6.07, 6.45) is 15.0. The van der Waals surface area contributed by atoms with E-state index in [0.29, 0.717) is 6.42 Å². The molecule has 0 spiro atoms. The van der Waals surface area contributed by atoms with Crippen LogP contribution in [0.15, 0.2) is 25.3 Å². The number of ketones is 1. The molecular weight excluding hydrogens is 236 g/mol. The topological polar surface area (TPSA) is 26.3 Å². The van der Waals surface area contributed by atoms with Crippen LogP contribution in [0.4, 0.5) is 0 Å². The second-order valence-corrected chi connectivity index (χ2v) is 4.97. The largest absolute Gasteiger partial charge is 0.374 e. The number of ether oxygens (including phenoxy) is 1. The molecule has 2 nitrogen and oxygen atoms in total. The fraction of sp³-hybridized carbons (Fsp3) is 0.706. The van der Waals surface area contributed by atoms with Gasteiger partial charge >= 0.3 is 0 Å². The van der Waals surface area contributed by atoms with E-state index in [2.05, 4.69) is 13.2 Å². The normalized spacial score (nSPS) is 10.3. The average molecular weight is 266 g/mol. The summed E-state index contributed by atoms with van der Waals surface area (Å²) >= 11 is 0. The van der Waals surface area contributed by atoms with Gasteiger partial charge in [0.2, 0.25) is 0 Å². The Morgan fingerprint density at radius 3 is 2.05 bits per heavy atom. The molecule has 0 aromatic heterocycles. The van der Waals surface area contributed by atoms with E-state index < -0.39 is 0 Å². The number of hydrogen-bond donors (Lipinski definition) is 0. The maximum Gasteiger partial charge on any atom is 0.158 e. The summed E-state index contributed by atoms with van der Waals surface area (Å²) in [5, 5.41) is 0.